The van der Waals surface area contributed by atoms with E-state index in [0.29, 0.717) is 5.92 Å². The zero-order valence-corrected chi connectivity index (χ0v) is 13.1. The average molecular weight is 283 g/mol. The van der Waals surface area contributed by atoms with Gasteiger partial charge in [-0.05, 0) is 37.0 Å². The molecule has 2 rings (SSSR count). The summed E-state index contributed by atoms with van der Waals surface area (Å²) in [5.74, 6) is 0.482. The van der Waals surface area contributed by atoms with Gasteiger partial charge in [-0.1, -0.05) is 61.9 Å². The largest absolute Gasteiger partial charge is 0.394 e. The molecule has 2 aromatic carbocycles. The third-order valence-electron chi connectivity index (χ3n) is 3.79. The van der Waals surface area contributed by atoms with E-state index in [0.717, 1.165) is 17.7 Å². The van der Waals surface area contributed by atoms with Crippen molar-refractivity contribution in [3.8, 4) is 0 Å². The summed E-state index contributed by atoms with van der Waals surface area (Å²) in [5, 5.41) is 13.7. The van der Waals surface area contributed by atoms with Crippen molar-refractivity contribution in [3.63, 3.8) is 0 Å². The van der Waals surface area contributed by atoms with Crippen LogP contribution in [0.2, 0.25) is 0 Å². The van der Waals surface area contributed by atoms with Crippen LogP contribution in [0.1, 0.15) is 31.4 Å². The molecule has 0 saturated carbocycles. The van der Waals surface area contributed by atoms with E-state index in [1.54, 1.807) is 0 Å². The Kier molecular flexibility index (Phi) is 5.03. The van der Waals surface area contributed by atoms with Gasteiger partial charge in [-0.15, -0.1) is 0 Å². The maximum absolute atomic E-state index is 10.1. The second-order valence-electron chi connectivity index (χ2n) is 6.20. The zero-order chi connectivity index (χ0) is 15.3. The Morgan fingerprint density at radius 1 is 1.00 bits per heavy atom. The van der Waals surface area contributed by atoms with Gasteiger partial charge in [0, 0.05) is 5.69 Å². The van der Waals surface area contributed by atoms with Gasteiger partial charge < -0.3 is 10.4 Å². The fraction of sp³-hybridized carbons (Fsp3) is 0.368. The lowest BCUT2D eigenvalue weighted by atomic mass is 9.82. The summed E-state index contributed by atoms with van der Waals surface area (Å²) in [7, 11) is 0. The normalized spacial score (nSPS) is 14.0. The monoisotopic (exact) mass is 283 g/mol. The standard InChI is InChI=1S/C19H25NO/c1-15(2)13-19(14-21,17-7-5-4-6-8-17)20-18-11-9-16(3)10-12-18/h4-12,15,20-21H,13-14H2,1-3H3. The van der Waals surface area contributed by atoms with Gasteiger partial charge in [-0.3, -0.25) is 0 Å². The van der Waals surface area contributed by atoms with Crippen molar-refractivity contribution in [2.75, 3.05) is 11.9 Å². The predicted molar refractivity (Wildman–Crippen MR) is 89.5 cm³/mol. The van der Waals surface area contributed by atoms with Crippen molar-refractivity contribution in [2.24, 2.45) is 5.92 Å². The summed E-state index contributed by atoms with van der Waals surface area (Å²) in [4.78, 5) is 0. The van der Waals surface area contributed by atoms with E-state index in [9.17, 15) is 5.11 Å². The Morgan fingerprint density at radius 3 is 2.14 bits per heavy atom. The molecule has 1 unspecified atom stereocenters. The lowest BCUT2D eigenvalue weighted by Gasteiger charge is -2.36. The number of hydrogen-bond acceptors (Lipinski definition) is 2. The number of nitrogens with one attached hydrogen (secondary N) is 1. The van der Waals surface area contributed by atoms with Crippen molar-refractivity contribution < 1.29 is 5.11 Å². The van der Waals surface area contributed by atoms with Crippen molar-refractivity contribution in [3.05, 3.63) is 65.7 Å². The highest BCUT2D eigenvalue weighted by molar-refractivity contribution is 5.49. The highest BCUT2D eigenvalue weighted by atomic mass is 16.3. The van der Waals surface area contributed by atoms with Gasteiger partial charge in [-0.2, -0.15) is 0 Å². The van der Waals surface area contributed by atoms with E-state index in [2.05, 4.69) is 62.5 Å². The van der Waals surface area contributed by atoms with Gasteiger partial charge in [0.25, 0.3) is 0 Å². The smallest absolute Gasteiger partial charge is 0.0859 e. The molecule has 21 heavy (non-hydrogen) atoms. The van der Waals surface area contributed by atoms with Crippen LogP contribution in [0.25, 0.3) is 0 Å². The second kappa shape index (κ2) is 6.77. The van der Waals surface area contributed by atoms with Gasteiger partial charge >= 0.3 is 0 Å². The molecule has 0 radical (unpaired) electrons. The molecular weight excluding hydrogens is 258 g/mol. The average Bonchev–Trinajstić information content (AvgIpc) is 2.49. The van der Waals surface area contributed by atoms with Crippen LogP contribution >= 0.6 is 0 Å². The quantitative estimate of drug-likeness (QED) is 0.826. The Bertz CT molecular complexity index is 548. The topological polar surface area (TPSA) is 32.3 Å². The third kappa shape index (κ3) is 3.85. The summed E-state index contributed by atoms with van der Waals surface area (Å²) in [5.41, 5.74) is 2.96. The molecule has 0 aliphatic rings. The summed E-state index contributed by atoms with van der Waals surface area (Å²) >= 11 is 0. The highest BCUT2D eigenvalue weighted by Crippen LogP contribution is 2.32. The van der Waals surface area contributed by atoms with Crippen molar-refractivity contribution >= 4 is 5.69 Å². The van der Waals surface area contributed by atoms with Crippen LogP contribution in [0, 0.1) is 12.8 Å². The number of benzene rings is 2. The van der Waals surface area contributed by atoms with E-state index < -0.39 is 5.54 Å². The SMILES string of the molecule is Cc1ccc(NC(CO)(CC(C)C)c2ccccc2)cc1. The summed E-state index contributed by atoms with van der Waals surface area (Å²) < 4.78 is 0. The first-order valence-electron chi connectivity index (χ1n) is 7.57. The van der Waals surface area contributed by atoms with E-state index in [1.807, 2.05) is 18.2 Å². The van der Waals surface area contributed by atoms with Gasteiger partial charge in [-0.25, -0.2) is 0 Å². The van der Waals surface area contributed by atoms with Gasteiger partial charge in [0.05, 0.1) is 12.1 Å². The molecule has 2 heteroatoms. The van der Waals surface area contributed by atoms with Crippen LogP contribution in [-0.4, -0.2) is 11.7 Å². The molecule has 0 aliphatic carbocycles. The molecule has 2 nitrogen and oxygen atoms in total. The molecule has 0 fully saturated rings. The molecule has 0 amide bonds. The van der Waals surface area contributed by atoms with Crippen LogP contribution in [0.3, 0.4) is 0 Å². The molecule has 1 atom stereocenters. The van der Waals surface area contributed by atoms with Gasteiger partial charge in [0.2, 0.25) is 0 Å². The van der Waals surface area contributed by atoms with Crippen LogP contribution < -0.4 is 5.32 Å². The van der Waals surface area contributed by atoms with Crippen molar-refractivity contribution in [2.45, 2.75) is 32.7 Å². The molecular formula is C19H25NO. The van der Waals surface area contributed by atoms with Crippen LogP contribution in [0.15, 0.2) is 54.6 Å². The molecule has 0 aliphatic heterocycles. The number of aryl methyl sites for hydroxylation is 1. The van der Waals surface area contributed by atoms with Crippen molar-refractivity contribution in [1.82, 2.24) is 0 Å². The lowest BCUT2D eigenvalue weighted by Crippen LogP contribution is -2.40. The van der Waals surface area contributed by atoms with Crippen LogP contribution in [0.5, 0.6) is 0 Å². The molecule has 0 heterocycles. The number of aliphatic hydroxyl groups excluding tert-OH is 1. The van der Waals surface area contributed by atoms with Gasteiger partial charge in [0.15, 0.2) is 0 Å². The molecule has 2 N–H and O–H groups in total. The minimum atomic E-state index is -0.440. The Morgan fingerprint density at radius 2 is 1.62 bits per heavy atom. The molecule has 0 saturated heterocycles. The minimum absolute atomic E-state index is 0.0725. The fourth-order valence-electron chi connectivity index (χ4n) is 2.80. The first kappa shape index (κ1) is 15.6. The first-order chi connectivity index (χ1) is 10.1. The third-order valence-corrected chi connectivity index (χ3v) is 3.79. The van der Waals surface area contributed by atoms with E-state index in [4.69, 9.17) is 0 Å². The number of rotatable bonds is 6. The molecule has 0 bridgehead atoms. The van der Waals surface area contributed by atoms with Crippen LogP contribution in [-0.2, 0) is 5.54 Å². The second-order valence-corrected chi connectivity index (χ2v) is 6.20. The summed E-state index contributed by atoms with van der Waals surface area (Å²) in [6.07, 6.45) is 0.876. The number of aliphatic hydroxyl groups is 1. The fourth-order valence-corrected chi connectivity index (χ4v) is 2.80. The van der Waals surface area contributed by atoms with E-state index in [-0.39, 0.29) is 6.61 Å². The summed E-state index contributed by atoms with van der Waals surface area (Å²) in [6, 6.07) is 18.5. The maximum atomic E-state index is 10.1. The first-order valence-corrected chi connectivity index (χ1v) is 7.57. The maximum Gasteiger partial charge on any atom is 0.0859 e. The zero-order valence-electron chi connectivity index (χ0n) is 13.1. The molecule has 112 valence electrons. The number of hydrogen-bond donors (Lipinski definition) is 2. The van der Waals surface area contributed by atoms with Crippen molar-refractivity contribution in [1.29, 1.82) is 0 Å². The minimum Gasteiger partial charge on any atom is -0.394 e. The highest BCUT2D eigenvalue weighted by Gasteiger charge is 2.32. The Hall–Kier alpha value is -1.80. The van der Waals surface area contributed by atoms with E-state index >= 15 is 0 Å². The molecule has 0 aromatic heterocycles. The van der Waals surface area contributed by atoms with E-state index in [1.165, 1.54) is 5.56 Å². The Balaban J connectivity index is 2.37. The van der Waals surface area contributed by atoms with Crippen LogP contribution in [0.4, 0.5) is 5.69 Å². The van der Waals surface area contributed by atoms with Gasteiger partial charge in [0.1, 0.15) is 0 Å². The Labute approximate surface area is 127 Å². The molecule has 2 aromatic rings. The summed E-state index contributed by atoms with van der Waals surface area (Å²) in [6.45, 7) is 6.52. The molecule has 0 spiro atoms. The number of anilines is 1. The lowest BCUT2D eigenvalue weighted by molar-refractivity contribution is 0.190. The predicted octanol–water partition coefficient (Wildman–Crippen LogP) is 4.34.